The summed E-state index contributed by atoms with van der Waals surface area (Å²) in [5.74, 6) is -0.537. The minimum absolute atomic E-state index is 0.0209. The first-order valence-electron chi connectivity index (χ1n) is 8.07. The van der Waals surface area contributed by atoms with E-state index in [1.54, 1.807) is 0 Å². The SMILES string of the molecule is CC1(C)O[C@@H]2[C@@H](c3cnn(C4CCCCO4)c3)CC(=O)[C@@H]2O1. The van der Waals surface area contributed by atoms with Crippen molar-refractivity contribution < 1.29 is 19.0 Å². The average Bonchev–Trinajstić information content (AvgIpc) is 3.16. The Morgan fingerprint density at radius 2 is 2.18 bits per heavy atom. The van der Waals surface area contributed by atoms with E-state index >= 15 is 0 Å². The number of ketones is 1. The van der Waals surface area contributed by atoms with E-state index in [0.717, 1.165) is 31.4 Å². The van der Waals surface area contributed by atoms with Gasteiger partial charge in [0.05, 0.1) is 6.20 Å². The predicted octanol–water partition coefficient (Wildman–Crippen LogP) is 2.16. The molecule has 6 nitrogen and oxygen atoms in total. The lowest BCUT2D eigenvalue weighted by Gasteiger charge is -2.23. The molecular formula is C16H22N2O4. The monoisotopic (exact) mass is 306 g/mol. The van der Waals surface area contributed by atoms with Gasteiger partial charge in [-0.1, -0.05) is 0 Å². The molecule has 3 heterocycles. The quantitative estimate of drug-likeness (QED) is 0.838. The first-order valence-corrected chi connectivity index (χ1v) is 8.07. The predicted molar refractivity (Wildman–Crippen MR) is 77.3 cm³/mol. The maximum Gasteiger partial charge on any atom is 0.165 e. The second-order valence-electron chi connectivity index (χ2n) is 6.87. The van der Waals surface area contributed by atoms with E-state index < -0.39 is 11.9 Å². The van der Waals surface area contributed by atoms with E-state index in [0.29, 0.717) is 6.42 Å². The zero-order chi connectivity index (χ0) is 15.3. The fourth-order valence-corrected chi connectivity index (χ4v) is 3.72. The molecule has 0 amide bonds. The van der Waals surface area contributed by atoms with Crippen molar-refractivity contribution in [3.63, 3.8) is 0 Å². The first-order chi connectivity index (χ1) is 10.5. The van der Waals surface area contributed by atoms with Gasteiger partial charge in [0.1, 0.15) is 18.4 Å². The smallest absolute Gasteiger partial charge is 0.165 e. The zero-order valence-electron chi connectivity index (χ0n) is 13.0. The molecule has 3 fully saturated rings. The van der Waals surface area contributed by atoms with Gasteiger partial charge in [-0.15, -0.1) is 0 Å². The minimum Gasteiger partial charge on any atom is -0.357 e. The number of hydrogen-bond acceptors (Lipinski definition) is 5. The summed E-state index contributed by atoms with van der Waals surface area (Å²) in [5.41, 5.74) is 1.04. The third-order valence-electron chi connectivity index (χ3n) is 4.76. The van der Waals surface area contributed by atoms with Crippen LogP contribution in [0.4, 0.5) is 0 Å². The highest BCUT2D eigenvalue weighted by atomic mass is 16.8. The molecule has 1 aliphatic carbocycles. The summed E-state index contributed by atoms with van der Waals surface area (Å²) in [6.07, 6.45) is 6.96. The average molecular weight is 306 g/mol. The van der Waals surface area contributed by atoms with Crippen molar-refractivity contribution in [2.24, 2.45) is 0 Å². The maximum absolute atomic E-state index is 12.2. The number of carbonyl (C=O) groups excluding carboxylic acids is 1. The third kappa shape index (κ3) is 2.39. The fourth-order valence-electron chi connectivity index (χ4n) is 3.72. The molecule has 1 unspecified atom stereocenters. The van der Waals surface area contributed by atoms with Gasteiger partial charge in [-0.25, -0.2) is 4.68 Å². The number of carbonyl (C=O) groups is 1. The Bertz CT molecular complexity index is 576. The molecule has 0 spiro atoms. The van der Waals surface area contributed by atoms with Crippen LogP contribution < -0.4 is 0 Å². The Hall–Kier alpha value is -1.24. The van der Waals surface area contributed by atoms with E-state index in [1.165, 1.54) is 0 Å². The largest absolute Gasteiger partial charge is 0.357 e. The summed E-state index contributed by atoms with van der Waals surface area (Å²) in [7, 11) is 0. The van der Waals surface area contributed by atoms with Gasteiger partial charge in [0.2, 0.25) is 0 Å². The van der Waals surface area contributed by atoms with Crippen molar-refractivity contribution in [2.75, 3.05) is 6.61 Å². The summed E-state index contributed by atoms with van der Waals surface area (Å²) in [4.78, 5) is 12.2. The van der Waals surface area contributed by atoms with Crippen molar-refractivity contribution in [1.29, 1.82) is 0 Å². The van der Waals surface area contributed by atoms with Crippen LogP contribution in [0.1, 0.15) is 57.2 Å². The summed E-state index contributed by atoms with van der Waals surface area (Å²) in [6, 6.07) is 0. The van der Waals surface area contributed by atoms with E-state index in [2.05, 4.69) is 5.10 Å². The highest BCUT2D eigenvalue weighted by Crippen LogP contribution is 2.44. The molecule has 2 saturated heterocycles. The normalized spacial score (nSPS) is 37.5. The standard InChI is InChI=1S/C16H22N2O4/c1-16(2)21-14-11(7-12(19)15(14)22-16)10-8-17-18(9-10)13-5-3-4-6-20-13/h8-9,11,13-15H,3-7H2,1-2H3/t11-,13?,14-,15+/m1/s1. The summed E-state index contributed by atoms with van der Waals surface area (Å²) < 4.78 is 19.3. The molecule has 4 rings (SSSR count). The first kappa shape index (κ1) is 14.4. The second kappa shape index (κ2) is 5.15. The molecule has 0 N–H and O–H groups in total. The number of Topliss-reactive ketones (excluding diaryl/α,β-unsaturated/α-hetero) is 1. The van der Waals surface area contributed by atoms with Gasteiger partial charge in [-0.05, 0) is 38.7 Å². The van der Waals surface area contributed by atoms with Gasteiger partial charge in [0.25, 0.3) is 0 Å². The van der Waals surface area contributed by atoms with Gasteiger partial charge in [-0.2, -0.15) is 5.10 Å². The highest BCUT2D eigenvalue weighted by molar-refractivity contribution is 5.88. The number of nitrogens with zero attached hydrogens (tertiary/aromatic N) is 2. The van der Waals surface area contributed by atoms with Crippen LogP contribution in [-0.2, 0) is 19.0 Å². The van der Waals surface area contributed by atoms with Gasteiger partial charge in [-0.3, -0.25) is 4.79 Å². The molecule has 22 heavy (non-hydrogen) atoms. The molecule has 4 atom stereocenters. The van der Waals surface area contributed by atoms with Crippen LogP contribution in [0.3, 0.4) is 0 Å². The molecule has 0 aromatic carbocycles. The van der Waals surface area contributed by atoms with Gasteiger partial charge in [0.15, 0.2) is 11.6 Å². The van der Waals surface area contributed by atoms with Crippen molar-refractivity contribution in [2.45, 2.75) is 69.7 Å². The van der Waals surface area contributed by atoms with Crippen molar-refractivity contribution in [3.8, 4) is 0 Å². The molecule has 0 radical (unpaired) electrons. The van der Waals surface area contributed by atoms with Crippen LogP contribution in [0.25, 0.3) is 0 Å². The van der Waals surface area contributed by atoms with Crippen molar-refractivity contribution in [3.05, 3.63) is 18.0 Å². The van der Waals surface area contributed by atoms with E-state index in [-0.39, 0.29) is 24.0 Å². The van der Waals surface area contributed by atoms with Crippen molar-refractivity contribution in [1.82, 2.24) is 9.78 Å². The van der Waals surface area contributed by atoms with Crippen LogP contribution in [-0.4, -0.2) is 40.2 Å². The third-order valence-corrected chi connectivity index (χ3v) is 4.76. The van der Waals surface area contributed by atoms with Gasteiger partial charge >= 0.3 is 0 Å². The molecule has 1 aromatic rings. The molecule has 0 bridgehead atoms. The van der Waals surface area contributed by atoms with Crippen LogP contribution in [0, 0.1) is 0 Å². The van der Waals surface area contributed by atoms with Gasteiger partial charge < -0.3 is 14.2 Å². The molecule has 120 valence electrons. The molecule has 1 saturated carbocycles. The van der Waals surface area contributed by atoms with E-state index in [9.17, 15) is 4.79 Å². The molecule has 2 aliphatic heterocycles. The topological polar surface area (TPSA) is 62.6 Å². The van der Waals surface area contributed by atoms with Gasteiger partial charge in [0, 0.05) is 25.1 Å². The van der Waals surface area contributed by atoms with E-state index in [1.807, 2.05) is 30.9 Å². The van der Waals surface area contributed by atoms with Crippen LogP contribution in [0.15, 0.2) is 12.4 Å². The maximum atomic E-state index is 12.2. The highest BCUT2D eigenvalue weighted by Gasteiger charge is 2.54. The Morgan fingerprint density at radius 1 is 1.32 bits per heavy atom. The summed E-state index contributed by atoms with van der Waals surface area (Å²) in [6.45, 7) is 4.50. The molecular weight excluding hydrogens is 284 g/mol. The van der Waals surface area contributed by atoms with Crippen molar-refractivity contribution >= 4 is 5.78 Å². The molecule has 1 aromatic heterocycles. The Balaban J connectivity index is 1.55. The van der Waals surface area contributed by atoms with E-state index in [4.69, 9.17) is 14.2 Å². The summed E-state index contributed by atoms with van der Waals surface area (Å²) in [5, 5.41) is 4.44. The van der Waals surface area contributed by atoms with Crippen LogP contribution >= 0.6 is 0 Å². The number of ether oxygens (including phenoxy) is 3. The Morgan fingerprint density at radius 3 is 2.95 bits per heavy atom. The number of rotatable bonds is 2. The Kier molecular flexibility index (Phi) is 3.36. The molecule has 3 aliphatic rings. The minimum atomic E-state index is -0.688. The molecule has 6 heteroatoms. The van der Waals surface area contributed by atoms with Crippen LogP contribution in [0.2, 0.25) is 0 Å². The summed E-state index contributed by atoms with van der Waals surface area (Å²) >= 11 is 0. The zero-order valence-corrected chi connectivity index (χ0v) is 13.0. The lowest BCUT2D eigenvalue weighted by molar-refractivity contribution is -0.160. The number of hydrogen-bond donors (Lipinski definition) is 0. The fraction of sp³-hybridized carbons (Fsp3) is 0.750. The van der Waals surface area contributed by atoms with Crippen LogP contribution in [0.5, 0.6) is 0 Å². The Labute approximate surface area is 129 Å². The lowest BCUT2D eigenvalue weighted by atomic mass is 9.98. The lowest BCUT2D eigenvalue weighted by Crippen LogP contribution is -2.25. The number of aromatic nitrogens is 2. The number of fused-ring (bicyclic) bond motifs is 1. The second-order valence-corrected chi connectivity index (χ2v) is 6.87.